The number of hydrogen-bond acceptors (Lipinski definition) is 5. The standard InChI is InChI=1S/C13H10N2O2S/c1-2-4-10(5-3-1)12-6-13(15-17-12)16-8-11-7-14-9-18-11/h1-7,9H,8H2. The highest BCUT2D eigenvalue weighted by Gasteiger charge is 2.07. The molecule has 0 spiro atoms. The van der Waals surface area contributed by atoms with Crippen LogP contribution in [0.4, 0.5) is 0 Å². The van der Waals surface area contributed by atoms with E-state index in [-0.39, 0.29) is 0 Å². The van der Waals surface area contributed by atoms with Crippen LogP contribution in [0.5, 0.6) is 5.88 Å². The van der Waals surface area contributed by atoms with Crippen LogP contribution in [0.1, 0.15) is 4.88 Å². The van der Waals surface area contributed by atoms with Gasteiger partial charge in [-0.05, 0) is 5.16 Å². The first kappa shape index (κ1) is 11.0. The van der Waals surface area contributed by atoms with Crippen molar-refractivity contribution in [3.8, 4) is 17.2 Å². The van der Waals surface area contributed by atoms with Crippen LogP contribution in [0, 0.1) is 0 Å². The van der Waals surface area contributed by atoms with Crippen LogP contribution in [0.25, 0.3) is 11.3 Å². The molecule has 2 aromatic heterocycles. The molecule has 0 unspecified atom stereocenters. The predicted octanol–water partition coefficient (Wildman–Crippen LogP) is 3.38. The molecule has 0 fully saturated rings. The average Bonchev–Trinajstić information content (AvgIpc) is 3.09. The highest BCUT2D eigenvalue weighted by Crippen LogP contribution is 2.23. The minimum absolute atomic E-state index is 0.464. The monoisotopic (exact) mass is 258 g/mol. The number of benzene rings is 1. The third-order valence-corrected chi connectivity index (χ3v) is 3.15. The van der Waals surface area contributed by atoms with Gasteiger partial charge in [-0.25, -0.2) is 0 Å². The number of nitrogens with zero attached hydrogens (tertiary/aromatic N) is 2. The number of thiazole rings is 1. The first-order chi connectivity index (χ1) is 8.92. The van der Waals surface area contributed by atoms with E-state index in [2.05, 4.69) is 10.1 Å². The van der Waals surface area contributed by atoms with Crippen LogP contribution in [0.15, 0.2) is 52.6 Å². The van der Waals surface area contributed by atoms with Crippen LogP contribution in [0.3, 0.4) is 0 Å². The lowest BCUT2D eigenvalue weighted by molar-refractivity contribution is 0.273. The lowest BCUT2D eigenvalue weighted by atomic mass is 10.2. The number of rotatable bonds is 4. The van der Waals surface area contributed by atoms with Crippen molar-refractivity contribution in [2.24, 2.45) is 0 Å². The van der Waals surface area contributed by atoms with Crippen molar-refractivity contribution in [3.05, 3.63) is 53.0 Å². The molecule has 0 amide bonds. The molecule has 90 valence electrons. The van der Waals surface area contributed by atoms with Gasteiger partial charge in [-0.2, -0.15) is 0 Å². The topological polar surface area (TPSA) is 48.2 Å². The Labute approximate surface area is 108 Å². The van der Waals surface area contributed by atoms with Crippen LogP contribution in [0.2, 0.25) is 0 Å². The molecule has 4 nitrogen and oxygen atoms in total. The summed E-state index contributed by atoms with van der Waals surface area (Å²) in [5.41, 5.74) is 2.76. The minimum atomic E-state index is 0.464. The smallest absolute Gasteiger partial charge is 0.255 e. The molecule has 0 saturated carbocycles. The summed E-state index contributed by atoms with van der Waals surface area (Å²) in [6.45, 7) is 0.464. The van der Waals surface area contributed by atoms with Gasteiger partial charge < -0.3 is 9.26 Å². The van der Waals surface area contributed by atoms with Gasteiger partial charge in [0.1, 0.15) is 6.61 Å². The highest BCUT2D eigenvalue weighted by atomic mass is 32.1. The maximum atomic E-state index is 5.52. The molecule has 0 aliphatic rings. The fourth-order valence-corrected chi connectivity index (χ4v) is 2.03. The molecule has 1 aromatic carbocycles. The second kappa shape index (κ2) is 5.01. The summed E-state index contributed by atoms with van der Waals surface area (Å²) in [5.74, 6) is 1.19. The Morgan fingerprint density at radius 3 is 2.89 bits per heavy atom. The van der Waals surface area contributed by atoms with Gasteiger partial charge in [0.15, 0.2) is 5.76 Å². The summed E-state index contributed by atoms with van der Waals surface area (Å²) in [6, 6.07) is 11.6. The van der Waals surface area contributed by atoms with Crippen molar-refractivity contribution < 1.29 is 9.26 Å². The van der Waals surface area contributed by atoms with E-state index in [4.69, 9.17) is 9.26 Å². The van der Waals surface area contributed by atoms with E-state index >= 15 is 0 Å². The molecule has 0 saturated heterocycles. The van der Waals surface area contributed by atoms with Gasteiger partial charge in [0.2, 0.25) is 0 Å². The number of aromatic nitrogens is 2. The molecule has 5 heteroatoms. The molecule has 18 heavy (non-hydrogen) atoms. The van der Waals surface area contributed by atoms with E-state index in [1.165, 1.54) is 0 Å². The number of ether oxygens (including phenoxy) is 1. The molecule has 0 atom stereocenters. The van der Waals surface area contributed by atoms with E-state index in [9.17, 15) is 0 Å². The Kier molecular flexibility index (Phi) is 3.06. The molecular weight excluding hydrogens is 248 g/mol. The van der Waals surface area contributed by atoms with Crippen LogP contribution < -0.4 is 4.74 Å². The quantitative estimate of drug-likeness (QED) is 0.719. The van der Waals surface area contributed by atoms with Crippen LogP contribution in [-0.2, 0) is 6.61 Å². The van der Waals surface area contributed by atoms with Crippen molar-refractivity contribution in [2.45, 2.75) is 6.61 Å². The van der Waals surface area contributed by atoms with Crippen molar-refractivity contribution >= 4 is 11.3 Å². The molecule has 0 aliphatic carbocycles. The zero-order chi connectivity index (χ0) is 12.2. The highest BCUT2D eigenvalue weighted by molar-refractivity contribution is 7.09. The Hall–Kier alpha value is -2.14. The van der Waals surface area contributed by atoms with Crippen molar-refractivity contribution in [1.82, 2.24) is 10.1 Å². The van der Waals surface area contributed by atoms with E-state index in [0.29, 0.717) is 18.2 Å². The predicted molar refractivity (Wildman–Crippen MR) is 68.4 cm³/mol. The molecule has 2 heterocycles. The van der Waals surface area contributed by atoms with Gasteiger partial charge in [-0.3, -0.25) is 4.98 Å². The Balaban J connectivity index is 1.70. The second-order valence-corrected chi connectivity index (χ2v) is 4.62. The first-order valence-electron chi connectivity index (χ1n) is 5.44. The molecule has 0 aliphatic heterocycles. The first-order valence-corrected chi connectivity index (χ1v) is 6.32. The zero-order valence-corrected chi connectivity index (χ0v) is 10.3. The van der Waals surface area contributed by atoms with Crippen LogP contribution in [-0.4, -0.2) is 10.1 Å². The maximum Gasteiger partial charge on any atom is 0.255 e. The summed E-state index contributed by atoms with van der Waals surface area (Å²) < 4.78 is 10.8. The summed E-state index contributed by atoms with van der Waals surface area (Å²) in [6.07, 6.45) is 1.78. The van der Waals surface area contributed by atoms with Crippen molar-refractivity contribution in [3.63, 3.8) is 0 Å². The SMILES string of the molecule is c1ccc(-c2cc(OCc3cncs3)no2)cc1. The molecule has 0 bridgehead atoms. The fourth-order valence-electron chi connectivity index (χ4n) is 1.52. The Bertz CT molecular complexity index is 605. The fraction of sp³-hybridized carbons (Fsp3) is 0.0769. The van der Waals surface area contributed by atoms with Gasteiger partial charge in [0.05, 0.1) is 10.4 Å². The Morgan fingerprint density at radius 1 is 1.22 bits per heavy atom. The largest absolute Gasteiger partial charge is 0.470 e. The lowest BCUT2D eigenvalue weighted by Gasteiger charge is -1.96. The molecule has 3 aromatic rings. The summed E-state index contributed by atoms with van der Waals surface area (Å²) in [5, 5.41) is 3.88. The van der Waals surface area contributed by atoms with Gasteiger partial charge in [0.25, 0.3) is 5.88 Å². The van der Waals surface area contributed by atoms with Crippen molar-refractivity contribution in [1.29, 1.82) is 0 Å². The summed E-state index contributed by atoms with van der Waals surface area (Å²) >= 11 is 1.55. The van der Waals surface area contributed by atoms with Gasteiger partial charge >= 0.3 is 0 Å². The average molecular weight is 258 g/mol. The third kappa shape index (κ3) is 2.41. The maximum absolute atomic E-state index is 5.52. The third-order valence-electron chi connectivity index (χ3n) is 2.39. The van der Waals surface area contributed by atoms with Gasteiger partial charge in [0, 0.05) is 17.8 Å². The van der Waals surface area contributed by atoms with Gasteiger partial charge in [-0.15, -0.1) is 11.3 Å². The van der Waals surface area contributed by atoms with Gasteiger partial charge in [-0.1, -0.05) is 30.3 Å². The van der Waals surface area contributed by atoms with E-state index in [1.54, 1.807) is 29.1 Å². The van der Waals surface area contributed by atoms with Crippen molar-refractivity contribution in [2.75, 3.05) is 0 Å². The molecule has 3 rings (SSSR count). The van der Waals surface area contributed by atoms with E-state index < -0.39 is 0 Å². The van der Waals surface area contributed by atoms with Crippen LogP contribution >= 0.6 is 11.3 Å². The minimum Gasteiger partial charge on any atom is -0.470 e. The normalized spacial score (nSPS) is 10.4. The van der Waals surface area contributed by atoms with E-state index in [0.717, 1.165) is 10.4 Å². The molecular formula is C13H10N2O2S. The molecule has 0 N–H and O–H groups in total. The number of hydrogen-bond donors (Lipinski definition) is 0. The molecule has 0 radical (unpaired) electrons. The summed E-state index contributed by atoms with van der Waals surface area (Å²) in [4.78, 5) is 5.04. The summed E-state index contributed by atoms with van der Waals surface area (Å²) in [7, 11) is 0. The zero-order valence-electron chi connectivity index (χ0n) is 9.45. The second-order valence-electron chi connectivity index (χ2n) is 3.65. The van der Waals surface area contributed by atoms with E-state index in [1.807, 2.05) is 30.3 Å². The Morgan fingerprint density at radius 2 is 2.11 bits per heavy atom. The lowest BCUT2D eigenvalue weighted by Crippen LogP contribution is -1.92.